The Morgan fingerprint density at radius 1 is 0.964 bits per heavy atom. The number of hydrogen-bond acceptors (Lipinski definition) is 3. The van der Waals surface area contributed by atoms with E-state index in [2.05, 4.69) is 17.4 Å². The van der Waals surface area contributed by atoms with Gasteiger partial charge in [0, 0.05) is 12.1 Å². The minimum atomic E-state index is -1.01. The summed E-state index contributed by atoms with van der Waals surface area (Å²) < 4.78 is 0. The molecule has 1 aliphatic rings. The molecule has 0 unspecified atom stereocenters. The van der Waals surface area contributed by atoms with Crippen LogP contribution in [0.4, 0.5) is 0 Å². The van der Waals surface area contributed by atoms with E-state index >= 15 is 0 Å². The zero-order valence-electron chi connectivity index (χ0n) is 16.1. The van der Waals surface area contributed by atoms with Gasteiger partial charge in [0.05, 0.1) is 0 Å². The number of carbonyl (C=O) groups excluding carboxylic acids is 1. The summed E-state index contributed by atoms with van der Waals surface area (Å²) in [5.41, 5.74) is 9.38. The molecule has 0 bridgehead atoms. The summed E-state index contributed by atoms with van der Waals surface area (Å²) >= 11 is 0. The normalized spacial score (nSPS) is 15.8. The molecule has 0 saturated heterocycles. The van der Waals surface area contributed by atoms with Crippen LogP contribution >= 0.6 is 0 Å². The molecule has 0 aromatic heterocycles. The number of amides is 1. The SMILES string of the molecule is N[C@@H](Cc1ccc(CNC(=O)c2ccc(C3CCCCC3)cc2)cc1)C(=O)O. The molecule has 4 N–H and O–H groups in total. The summed E-state index contributed by atoms with van der Waals surface area (Å²) in [4.78, 5) is 23.2. The third-order valence-corrected chi connectivity index (χ3v) is 5.50. The van der Waals surface area contributed by atoms with Crippen LogP contribution in [0.2, 0.25) is 0 Å². The number of carbonyl (C=O) groups is 2. The third-order valence-electron chi connectivity index (χ3n) is 5.50. The number of benzene rings is 2. The molecule has 5 heteroatoms. The van der Waals surface area contributed by atoms with Gasteiger partial charge in [-0.15, -0.1) is 0 Å². The molecular weight excluding hydrogens is 352 g/mol. The molecule has 148 valence electrons. The van der Waals surface area contributed by atoms with Gasteiger partial charge < -0.3 is 16.2 Å². The van der Waals surface area contributed by atoms with Crippen LogP contribution in [0.5, 0.6) is 0 Å². The number of rotatable bonds is 7. The van der Waals surface area contributed by atoms with E-state index in [1.807, 2.05) is 36.4 Å². The monoisotopic (exact) mass is 380 g/mol. The minimum Gasteiger partial charge on any atom is -0.480 e. The van der Waals surface area contributed by atoms with Gasteiger partial charge in [0.2, 0.25) is 0 Å². The Kier molecular flexibility index (Phi) is 6.82. The molecule has 3 rings (SSSR count). The Morgan fingerprint density at radius 2 is 1.57 bits per heavy atom. The van der Waals surface area contributed by atoms with E-state index in [4.69, 9.17) is 10.8 Å². The van der Waals surface area contributed by atoms with Gasteiger partial charge in [-0.05, 0) is 54.0 Å². The molecular formula is C23H28N2O3. The fourth-order valence-corrected chi connectivity index (χ4v) is 3.76. The van der Waals surface area contributed by atoms with E-state index in [9.17, 15) is 9.59 Å². The maximum atomic E-state index is 12.4. The van der Waals surface area contributed by atoms with Crippen molar-refractivity contribution in [2.45, 2.75) is 57.0 Å². The van der Waals surface area contributed by atoms with E-state index in [1.54, 1.807) is 0 Å². The van der Waals surface area contributed by atoms with Crippen molar-refractivity contribution in [1.82, 2.24) is 5.32 Å². The smallest absolute Gasteiger partial charge is 0.320 e. The first kappa shape index (κ1) is 20.1. The summed E-state index contributed by atoms with van der Waals surface area (Å²) in [6, 6.07) is 14.6. The number of nitrogens with two attached hydrogens (primary N) is 1. The maximum Gasteiger partial charge on any atom is 0.320 e. The van der Waals surface area contributed by atoms with Crippen molar-refractivity contribution in [3.8, 4) is 0 Å². The molecule has 1 atom stereocenters. The molecule has 0 aliphatic heterocycles. The highest BCUT2D eigenvalue weighted by Gasteiger charge is 2.16. The summed E-state index contributed by atoms with van der Waals surface area (Å²) in [7, 11) is 0. The van der Waals surface area contributed by atoms with Gasteiger partial charge in [0.1, 0.15) is 6.04 Å². The Morgan fingerprint density at radius 3 is 2.18 bits per heavy atom. The number of carboxylic acids is 1. The van der Waals surface area contributed by atoms with Crippen LogP contribution < -0.4 is 11.1 Å². The average molecular weight is 380 g/mol. The van der Waals surface area contributed by atoms with Gasteiger partial charge in [0.15, 0.2) is 0 Å². The van der Waals surface area contributed by atoms with E-state index in [1.165, 1.54) is 37.7 Å². The molecule has 2 aromatic carbocycles. The lowest BCUT2D eigenvalue weighted by atomic mass is 9.84. The lowest BCUT2D eigenvalue weighted by Gasteiger charge is -2.22. The highest BCUT2D eigenvalue weighted by Crippen LogP contribution is 2.32. The van der Waals surface area contributed by atoms with Crippen LogP contribution in [0.3, 0.4) is 0 Å². The van der Waals surface area contributed by atoms with Gasteiger partial charge in [0.25, 0.3) is 5.91 Å². The van der Waals surface area contributed by atoms with Gasteiger partial charge in [-0.3, -0.25) is 9.59 Å². The average Bonchev–Trinajstić information content (AvgIpc) is 2.73. The first-order chi connectivity index (χ1) is 13.5. The highest BCUT2D eigenvalue weighted by atomic mass is 16.4. The lowest BCUT2D eigenvalue weighted by Crippen LogP contribution is -2.32. The van der Waals surface area contributed by atoms with Crippen molar-refractivity contribution in [1.29, 1.82) is 0 Å². The first-order valence-electron chi connectivity index (χ1n) is 9.97. The Bertz CT molecular complexity index is 794. The summed E-state index contributed by atoms with van der Waals surface area (Å²) in [5, 5.41) is 11.8. The highest BCUT2D eigenvalue weighted by molar-refractivity contribution is 5.94. The number of nitrogens with one attached hydrogen (secondary N) is 1. The van der Waals surface area contributed by atoms with E-state index in [0.29, 0.717) is 18.0 Å². The van der Waals surface area contributed by atoms with Crippen molar-refractivity contribution in [3.05, 3.63) is 70.8 Å². The van der Waals surface area contributed by atoms with Crippen LogP contribution in [-0.2, 0) is 17.8 Å². The van der Waals surface area contributed by atoms with Gasteiger partial charge in [-0.1, -0.05) is 55.7 Å². The fourth-order valence-electron chi connectivity index (χ4n) is 3.76. The lowest BCUT2D eigenvalue weighted by molar-refractivity contribution is -0.138. The Hall–Kier alpha value is -2.66. The van der Waals surface area contributed by atoms with Crippen molar-refractivity contribution >= 4 is 11.9 Å². The van der Waals surface area contributed by atoms with Crippen molar-refractivity contribution in [2.24, 2.45) is 5.73 Å². The molecule has 1 amide bonds. The molecule has 2 aromatic rings. The van der Waals surface area contributed by atoms with E-state index < -0.39 is 12.0 Å². The molecule has 28 heavy (non-hydrogen) atoms. The quantitative estimate of drug-likeness (QED) is 0.684. The number of hydrogen-bond donors (Lipinski definition) is 3. The standard InChI is InChI=1S/C23H28N2O3/c24-21(23(27)28)14-16-6-8-17(9-7-16)15-25-22(26)20-12-10-19(11-13-20)18-4-2-1-3-5-18/h6-13,18,21H,1-5,14-15,24H2,(H,25,26)(H,27,28)/t21-/m0/s1. The molecule has 1 saturated carbocycles. The van der Waals surface area contributed by atoms with Gasteiger partial charge >= 0.3 is 5.97 Å². The summed E-state index contributed by atoms with van der Waals surface area (Å²) in [6.07, 6.45) is 6.72. The first-order valence-corrected chi connectivity index (χ1v) is 9.97. The van der Waals surface area contributed by atoms with Crippen LogP contribution in [0.25, 0.3) is 0 Å². The predicted octanol–water partition coefficient (Wildman–Crippen LogP) is 3.62. The predicted molar refractivity (Wildman–Crippen MR) is 109 cm³/mol. The molecule has 0 radical (unpaired) electrons. The third kappa shape index (κ3) is 5.42. The van der Waals surface area contributed by atoms with Crippen molar-refractivity contribution < 1.29 is 14.7 Å². The summed E-state index contributed by atoms with van der Waals surface area (Å²) in [5.74, 6) is -0.461. The second-order valence-electron chi connectivity index (χ2n) is 7.60. The van der Waals surface area contributed by atoms with Crippen molar-refractivity contribution in [3.63, 3.8) is 0 Å². The second-order valence-corrected chi connectivity index (χ2v) is 7.60. The molecule has 0 spiro atoms. The van der Waals surface area contributed by atoms with Crippen LogP contribution in [-0.4, -0.2) is 23.0 Å². The van der Waals surface area contributed by atoms with Gasteiger partial charge in [-0.25, -0.2) is 0 Å². The van der Waals surface area contributed by atoms with E-state index in [-0.39, 0.29) is 12.3 Å². The Balaban J connectivity index is 1.51. The van der Waals surface area contributed by atoms with Crippen molar-refractivity contribution in [2.75, 3.05) is 0 Å². The van der Waals surface area contributed by atoms with Crippen LogP contribution in [0.15, 0.2) is 48.5 Å². The molecule has 1 fully saturated rings. The minimum absolute atomic E-state index is 0.0906. The molecule has 5 nitrogen and oxygen atoms in total. The number of aliphatic carboxylic acids is 1. The molecule has 0 heterocycles. The van der Waals surface area contributed by atoms with Crippen LogP contribution in [0.1, 0.15) is 65.1 Å². The zero-order valence-corrected chi connectivity index (χ0v) is 16.1. The topological polar surface area (TPSA) is 92.4 Å². The second kappa shape index (κ2) is 9.51. The molecule has 1 aliphatic carbocycles. The van der Waals surface area contributed by atoms with Gasteiger partial charge in [-0.2, -0.15) is 0 Å². The van der Waals surface area contributed by atoms with E-state index in [0.717, 1.165) is 11.1 Å². The summed E-state index contributed by atoms with van der Waals surface area (Å²) in [6.45, 7) is 0.425. The number of carboxylic acid groups (broad SMARTS) is 1. The largest absolute Gasteiger partial charge is 0.480 e. The maximum absolute atomic E-state index is 12.4. The Labute approximate surface area is 166 Å². The zero-order chi connectivity index (χ0) is 19.9. The fraction of sp³-hybridized carbons (Fsp3) is 0.391. The van der Waals surface area contributed by atoms with Crippen LogP contribution in [0, 0.1) is 0 Å².